The van der Waals surface area contributed by atoms with Crippen LogP contribution in [0.2, 0.25) is 0 Å². The average Bonchev–Trinajstić information content (AvgIpc) is 2.61. The van der Waals surface area contributed by atoms with E-state index in [-0.39, 0.29) is 59.4 Å². The quantitative estimate of drug-likeness (QED) is 0.257. The standard InChI is InChI=1S/C18H20N2O5.ClH/c1-11(21)15(10-16-18(23)13-6-8-19(16)9-7-13)17(22)12-2-4-14(5-3-12)20(24)25;/h2-5,13,15-16H,6-10H2,1H3;1H. The fourth-order valence-electron chi connectivity index (χ4n) is 4.03. The first-order valence-electron chi connectivity index (χ1n) is 8.56. The number of quaternary nitrogens is 1. The number of nitro benzene ring substituents is 1. The van der Waals surface area contributed by atoms with Crippen LogP contribution < -0.4 is 17.3 Å². The molecule has 3 aliphatic rings. The van der Waals surface area contributed by atoms with E-state index >= 15 is 0 Å². The van der Waals surface area contributed by atoms with Crippen molar-refractivity contribution in [2.45, 2.75) is 32.2 Å². The number of hydrogen-bond acceptors (Lipinski definition) is 5. The molecule has 0 amide bonds. The van der Waals surface area contributed by atoms with Gasteiger partial charge in [-0.05, 0) is 19.1 Å². The van der Waals surface area contributed by atoms with Crippen LogP contribution in [0.25, 0.3) is 0 Å². The first kappa shape index (κ1) is 20.2. The molecule has 0 radical (unpaired) electrons. The highest BCUT2D eigenvalue weighted by molar-refractivity contribution is 6.10. The van der Waals surface area contributed by atoms with Crippen LogP contribution >= 0.6 is 0 Å². The third-order valence-electron chi connectivity index (χ3n) is 5.51. The zero-order valence-corrected chi connectivity index (χ0v) is 15.2. The Kier molecular flexibility index (Phi) is 6.26. The van der Waals surface area contributed by atoms with Gasteiger partial charge in [-0.15, -0.1) is 0 Å². The van der Waals surface area contributed by atoms with Crippen LogP contribution in [0.15, 0.2) is 24.3 Å². The number of rotatable bonds is 6. The summed E-state index contributed by atoms with van der Waals surface area (Å²) >= 11 is 0. The van der Waals surface area contributed by atoms with Gasteiger partial charge < -0.3 is 17.3 Å². The van der Waals surface area contributed by atoms with Crippen LogP contribution in [0.4, 0.5) is 5.69 Å². The minimum absolute atomic E-state index is 0. The van der Waals surface area contributed by atoms with E-state index in [1.165, 1.54) is 36.1 Å². The molecule has 7 nitrogen and oxygen atoms in total. The van der Waals surface area contributed by atoms with Crippen molar-refractivity contribution < 1.29 is 36.6 Å². The highest BCUT2D eigenvalue weighted by Gasteiger charge is 2.46. The molecule has 1 N–H and O–H groups in total. The number of piperidine rings is 3. The van der Waals surface area contributed by atoms with Gasteiger partial charge in [-0.25, -0.2) is 0 Å². The molecule has 8 heteroatoms. The second-order valence-electron chi connectivity index (χ2n) is 6.95. The number of hydrogen-bond donors (Lipinski definition) is 1. The predicted molar refractivity (Wildman–Crippen MR) is 88.4 cm³/mol. The Morgan fingerprint density at radius 1 is 1.23 bits per heavy atom. The Morgan fingerprint density at radius 2 is 1.81 bits per heavy atom. The van der Waals surface area contributed by atoms with Gasteiger partial charge in [-0.2, -0.15) is 0 Å². The van der Waals surface area contributed by atoms with Crippen molar-refractivity contribution in [1.82, 2.24) is 0 Å². The van der Waals surface area contributed by atoms with Crippen molar-refractivity contribution in [3.63, 3.8) is 0 Å². The zero-order valence-electron chi connectivity index (χ0n) is 14.4. The van der Waals surface area contributed by atoms with Crippen molar-refractivity contribution in [3.8, 4) is 0 Å². The van der Waals surface area contributed by atoms with Crippen molar-refractivity contribution in [2.24, 2.45) is 11.8 Å². The summed E-state index contributed by atoms with van der Waals surface area (Å²) in [5.74, 6) is -1.25. The van der Waals surface area contributed by atoms with Gasteiger partial charge in [0.15, 0.2) is 11.6 Å². The molecular formula is C18H21ClN2O5. The lowest BCUT2D eigenvalue weighted by Crippen LogP contribution is -3.20. The van der Waals surface area contributed by atoms with Gasteiger partial charge in [-0.3, -0.25) is 24.5 Å². The maximum absolute atomic E-state index is 12.7. The Balaban J connectivity index is 0.00000243. The molecule has 0 aliphatic carbocycles. The summed E-state index contributed by atoms with van der Waals surface area (Å²) in [7, 11) is 0. The average molecular weight is 381 g/mol. The van der Waals surface area contributed by atoms with Gasteiger partial charge in [0.25, 0.3) is 5.69 Å². The molecule has 1 aromatic rings. The molecule has 2 unspecified atom stereocenters. The number of fused-ring (bicyclic) bond motifs is 3. The number of nitro groups is 1. The van der Waals surface area contributed by atoms with Crippen molar-refractivity contribution in [3.05, 3.63) is 39.9 Å². The maximum Gasteiger partial charge on any atom is 0.269 e. The van der Waals surface area contributed by atoms with E-state index in [1.54, 1.807) is 0 Å². The lowest BCUT2D eigenvalue weighted by atomic mass is 9.77. The third kappa shape index (κ3) is 3.83. The number of Topliss-reactive ketones (excluding diaryl/α,β-unsaturated/α-hetero) is 3. The number of nitrogens with zero attached hydrogens (tertiary/aromatic N) is 1. The predicted octanol–water partition coefficient (Wildman–Crippen LogP) is -2.38. The normalized spacial score (nSPS) is 25.3. The highest BCUT2D eigenvalue weighted by atomic mass is 35.5. The Hall–Kier alpha value is -2.12. The van der Waals surface area contributed by atoms with E-state index in [0.29, 0.717) is 0 Å². The molecule has 3 saturated heterocycles. The number of halogens is 1. The summed E-state index contributed by atoms with van der Waals surface area (Å²) in [6, 6.07) is 4.97. The van der Waals surface area contributed by atoms with E-state index in [9.17, 15) is 24.5 Å². The Bertz CT molecular complexity index is 726. The van der Waals surface area contributed by atoms with E-state index in [2.05, 4.69) is 0 Å². The fraction of sp³-hybridized carbons (Fsp3) is 0.500. The van der Waals surface area contributed by atoms with Gasteiger partial charge in [0, 0.05) is 42.9 Å². The SMILES string of the molecule is CC(=O)C(CC1C(=O)C2CC[NH+]1CC2)C(=O)c1ccc([N+](=O)[O-])cc1.[Cl-]. The molecule has 26 heavy (non-hydrogen) atoms. The number of ketones is 3. The topological polar surface area (TPSA) is 98.8 Å². The lowest BCUT2D eigenvalue weighted by molar-refractivity contribution is -0.928. The van der Waals surface area contributed by atoms with Crippen molar-refractivity contribution in [1.29, 1.82) is 0 Å². The van der Waals surface area contributed by atoms with Gasteiger partial charge in [0.1, 0.15) is 11.8 Å². The second kappa shape index (κ2) is 8.05. The van der Waals surface area contributed by atoms with Crippen molar-refractivity contribution in [2.75, 3.05) is 13.1 Å². The summed E-state index contributed by atoms with van der Waals surface area (Å²) in [4.78, 5) is 48.7. The van der Waals surface area contributed by atoms with Crippen LogP contribution in [0.5, 0.6) is 0 Å². The summed E-state index contributed by atoms with van der Waals surface area (Å²) in [6.07, 6.45) is 2.02. The second-order valence-corrected chi connectivity index (χ2v) is 6.95. The van der Waals surface area contributed by atoms with Crippen LogP contribution in [0.3, 0.4) is 0 Å². The molecule has 0 aromatic heterocycles. The molecular weight excluding hydrogens is 360 g/mol. The molecule has 2 atom stereocenters. The molecule has 3 heterocycles. The molecule has 0 spiro atoms. The molecule has 0 saturated carbocycles. The number of carbonyl (C=O) groups is 3. The molecule has 4 rings (SSSR count). The summed E-state index contributed by atoms with van der Waals surface area (Å²) in [5, 5.41) is 10.7. The molecule has 2 bridgehead atoms. The molecule has 3 fully saturated rings. The summed E-state index contributed by atoms with van der Waals surface area (Å²) in [6.45, 7) is 3.19. The largest absolute Gasteiger partial charge is 1.00 e. The van der Waals surface area contributed by atoms with E-state index in [4.69, 9.17) is 0 Å². The van der Waals surface area contributed by atoms with Crippen LogP contribution in [0, 0.1) is 22.0 Å². The molecule has 3 aliphatic heterocycles. The minimum Gasteiger partial charge on any atom is -1.00 e. The molecule has 140 valence electrons. The smallest absolute Gasteiger partial charge is 0.269 e. The van der Waals surface area contributed by atoms with Gasteiger partial charge >= 0.3 is 0 Å². The summed E-state index contributed by atoms with van der Waals surface area (Å²) < 4.78 is 0. The lowest BCUT2D eigenvalue weighted by Gasteiger charge is -2.41. The zero-order chi connectivity index (χ0) is 18.1. The fourth-order valence-corrected chi connectivity index (χ4v) is 4.03. The first-order valence-corrected chi connectivity index (χ1v) is 8.56. The summed E-state index contributed by atoms with van der Waals surface area (Å²) in [5.41, 5.74) is 0.162. The number of benzene rings is 1. The number of non-ortho nitro benzene ring substituents is 1. The van der Waals surface area contributed by atoms with Gasteiger partial charge in [0.05, 0.1) is 23.9 Å². The monoisotopic (exact) mass is 380 g/mol. The first-order chi connectivity index (χ1) is 11.9. The van der Waals surface area contributed by atoms with Gasteiger partial charge in [-0.1, -0.05) is 0 Å². The van der Waals surface area contributed by atoms with Crippen LogP contribution in [-0.4, -0.2) is 41.4 Å². The van der Waals surface area contributed by atoms with Crippen LogP contribution in [0.1, 0.15) is 36.5 Å². The van der Waals surface area contributed by atoms with E-state index in [0.717, 1.165) is 25.9 Å². The highest BCUT2D eigenvalue weighted by Crippen LogP contribution is 2.24. The van der Waals surface area contributed by atoms with Crippen LogP contribution in [-0.2, 0) is 9.59 Å². The number of nitrogens with one attached hydrogen (secondary N) is 1. The Labute approximate surface area is 157 Å². The number of carbonyl (C=O) groups excluding carboxylic acids is 3. The maximum atomic E-state index is 12.7. The minimum atomic E-state index is -0.873. The Morgan fingerprint density at radius 3 is 2.27 bits per heavy atom. The van der Waals surface area contributed by atoms with Crippen molar-refractivity contribution >= 4 is 23.0 Å². The van der Waals surface area contributed by atoms with Gasteiger partial charge in [0.2, 0.25) is 0 Å². The van der Waals surface area contributed by atoms with E-state index in [1.807, 2.05) is 0 Å². The molecule has 1 aromatic carbocycles. The third-order valence-corrected chi connectivity index (χ3v) is 5.51. The van der Waals surface area contributed by atoms with E-state index < -0.39 is 10.8 Å².